The molecule has 0 radical (unpaired) electrons. The van der Waals surface area contributed by atoms with Crippen LogP contribution in [0.3, 0.4) is 0 Å². The van der Waals surface area contributed by atoms with E-state index in [-0.39, 0.29) is 10.9 Å². The van der Waals surface area contributed by atoms with Crippen LogP contribution in [0.25, 0.3) is 0 Å². The lowest BCUT2D eigenvalue weighted by Crippen LogP contribution is -2.31. The number of benzene rings is 1. The summed E-state index contributed by atoms with van der Waals surface area (Å²) in [7, 11) is -2.10. The Kier molecular flexibility index (Phi) is 5.41. The van der Waals surface area contributed by atoms with E-state index in [2.05, 4.69) is 20.3 Å². The second-order valence-electron chi connectivity index (χ2n) is 6.59. The number of nitrogens with zero attached hydrogens (tertiary/aromatic N) is 4. The summed E-state index contributed by atoms with van der Waals surface area (Å²) in [5.41, 5.74) is 0.660. The van der Waals surface area contributed by atoms with Gasteiger partial charge in [-0.3, -0.25) is 0 Å². The predicted molar refractivity (Wildman–Crippen MR) is 108 cm³/mol. The molecule has 0 unspecified atom stereocenters. The van der Waals surface area contributed by atoms with E-state index < -0.39 is 10.0 Å². The minimum atomic E-state index is -3.65. The van der Waals surface area contributed by atoms with Crippen molar-refractivity contribution >= 4 is 21.8 Å². The summed E-state index contributed by atoms with van der Waals surface area (Å²) in [6.07, 6.45) is 4.78. The van der Waals surface area contributed by atoms with Crippen LogP contribution in [-0.4, -0.2) is 41.3 Å². The summed E-state index contributed by atoms with van der Waals surface area (Å²) in [6, 6.07) is 13.4. The van der Waals surface area contributed by atoms with Gasteiger partial charge in [0, 0.05) is 18.9 Å². The number of pyridine rings is 1. The fourth-order valence-corrected chi connectivity index (χ4v) is 5.04. The molecule has 3 heterocycles. The summed E-state index contributed by atoms with van der Waals surface area (Å²) in [4.78, 5) is 13.2. The summed E-state index contributed by atoms with van der Waals surface area (Å²) in [5.74, 6) is 1.62. The van der Waals surface area contributed by atoms with E-state index in [9.17, 15) is 8.42 Å². The first-order valence-corrected chi connectivity index (χ1v) is 10.7. The molecule has 1 N–H and O–H groups in total. The highest BCUT2D eigenvalue weighted by molar-refractivity contribution is 7.89. The van der Waals surface area contributed by atoms with Crippen LogP contribution in [0.5, 0.6) is 5.75 Å². The maximum absolute atomic E-state index is 13.2. The molecule has 0 saturated carbocycles. The molecule has 1 atom stereocenters. The second kappa shape index (κ2) is 8.14. The van der Waals surface area contributed by atoms with Crippen molar-refractivity contribution in [2.45, 2.75) is 23.8 Å². The molecule has 1 saturated heterocycles. The molecular weight excluding hydrogens is 390 g/mol. The third-order valence-corrected chi connectivity index (χ3v) is 6.72. The Morgan fingerprint density at radius 3 is 2.62 bits per heavy atom. The smallest absolute Gasteiger partial charge is 0.243 e. The minimum absolute atomic E-state index is 0.242. The van der Waals surface area contributed by atoms with Crippen LogP contribution >= 0.6 is 0 Å². The molecule has 9 heteroatoms. The fourth-order valence-electron chi connectivity index (χ4n) is 3.38. The van der Waals surface area contributed by atoms with E-state index in [0.717, 1.165) is 6.42 Å². The van der Waals surface area contributed by atoms with Gasteiger partial charge in [0.15, 0.2) is 0 Å². The number of ether oxygens (including phenoxy) is 1. The number of nitrogens with one attached hydrogen (secondary N) is 1. The Morgan fingerprint density at radius 1 is 1.07 bits per heavy atom. The van der Waals surface area contributed by atoms with Gasteiger partial charge in [0.25, 0.3) is 0 Å². The normalized spacial score (nSPS) is 17.2. The van der Waals surface area contributed by atoms with Crippen LogP contribution in [-0.2, 0) is 10.0 Å². The first kappa shape index (κ1) is 19.3. The van der Waals surface area contributed by atoms with Gasteiger partial charge >= 0.3 is 0 Å². The first-order chi connectivity index (χ1) is 14.1. The molecule has 0 amide bonds. The molecule has 1 aliphatic rings. The monoisotopic (exact) mass is 411 g/mol. The van der Waals surface area contributed by atoms with Gasteiger partial charge in [0.2, 0.25) is 16.0 Å². The highest BCUT2D eigenvalue weighted by atomic mass is 32.2. The molecule has 1 fully saturated rings. The lowest BCUT2D eigenvalue weighted by Gasteiger charge is -2.24. The summed E-state index contributed by atoms with van der Waals surface area (Å²) < 4.78 is 33.1. The molecule has 0 bridgehead atoms. The Balaban J connectivity index is 1.60. The van der Waals surface area contributed by atoms with E-state index in [1.807, 2.05) is 18.2 Å². The van der Waals surface area contributed by atoms with Gasteiger partial charge in [-0.05, 0) is 55.3 Å². The average molecular weight is 411 g/mol. The lowest BCUT2D eigenvalue weighted by molar-refractivity contribution is 0.390. The number of methoxy groups -OCH3 is 1. The number of hydrogen-bond acceptors (Lipinski definition) is 7. The van der Waals surface area contributed by atoms with Gasteiger partial charge in [-0.2, -0.15) is 4.31 Å². The third kappa shape index (κ3) is 4.06. The van der Waals surface area contributed by atoms with Crippen LogP contribution in [0.2, 0.25) is 0 Å². The van der Waals surface area contributed by atoms with Crippen molar-refractivity contribution in [3.05, 3.63) is 66.6 Å². The molecule has 0 aliphatic carbocycles. The zero-order valence-electron chi connectivity index (χ0n) is 15.9. The van der Waals surface area contributed by atoms with Crippen molar-refractivity contribution in [2.75, 3.05) is 19.0 Å². The van der Waals surface area contributed by atoms with Crippen LogP contribution in [0, 0.1) is 0 Å². The lowest BCUT2D eigenvalue weighted by atomic mass is 10.1. The molecule has 1 aliphatic heterocycles. The number of hydrogen-bond donors (Lipinski definition) is 1. The molecular formula is C20H21N5O3S. The van der Waals surface area contributed by atoms with Crippen molar-refractivity contribution in [3.8, 4) is 5.75 Å². The van der Waals surface area contributed by atoms with Gasteiger partial charge in [-0.15, -0.1) is 0 Å². The van der Waals surface area contributed by atoms with E-state index >= 15 is 0 Å². The summed E-state index contributed by atoms with van der Waals surface area (Å²) in [5, 5.41) is 3.05. The van der Waals surface area contributed by atoms with Crippen LogP contribution in [0.1, 0.15) is 24.6 Å². The van der Waals surface area contributed by atoms with E-state index in [1.165, 1.54) is 4.31 Å². The standard InChI is InChI=1S/C20H21N5O3S/c1-28-15-7-9-16(10-8-15)29(26,27)25-14-4-5-18(25)17-11-13-22-20(23-17)24-19-6-2-3-12-21-19/h2-3,6-13,18H,4-5,14H2,1H3,(H,21,22,23,24)/t18-/m1/s1. The van der Waals surface area contributed by atoms with Crippen molar-refractivity contribution < 1.29 is 13.2 Å². The maximum Gasteiger partial charge on any atom is 0.243 e. The highest BCUT2D eigenvalue weighted by Crippen LogP contribution is 2.36. The summed E-state index contributed by atoms with van der Waals surface area (Å²) >= 11 is 0. The fraction of sp³-hybridized carbons (Fsp3) is 0.250. The molecule has 0 spiro atoms. The molecule has 8 nitrogen and oxygen atoms in total. The SMILES string of the molecule is COc1ccc(S(=O)(=O)N2CCC[C@@H]2c2ccnc(Nc3ccccn3)n2)cc1. The van der Waals surface area contributed by atoms with Gasteiger partial charge in [0.05, 0.1) is 23.7 Å². The van der Waals surface area contributed by atoms with E-state index in [0.29, 0.717) is 36.2 Å². The van der Waals surface area contributed by atoms with Crippen molar-refractivity contribution in [2.24, 2.45) is 0 Å². The third-order valence-electron chi connectivity index (χ3n) is 4.79. The number of rotatable bonds is 6. The van der Waals surface area contributed by atoms with E-state index in [4.69, 9.17) is 4.74 Å². The average Bonchev–Trinajstić information content (AvgIpc) is 3.26. The molecule has 3 aromatic rings. The largest absolute Gasteiger partial charge is 0.497 e. The number of sulfonamides is 1. The van der Waals surface area contributed by atoms with Gasteiger partial charge in [-0.25, -0.2) is 23.4 Å². The topological polar surface area (TPSA) is 97.3 Å². The van der Waals surface area contributed by atoms with Crippen molar-refractivity contribution in [1.82, 2.24) is 19.3 Å². The first-order valence-electron chi connectivity index (χ1n) is 9.25. The van der Waals surface area contributed by atoms with Gasteiger partial charge in [-0.1, -0.05) is 6.07 Å². The Labute approximate surface area is 169 Å². The number of anilines is 2. The Hall–Kier alpha value is -3.04. The van der Waals surface area contributed by atoms with Crippen LogP contribution in [0.15, 0.2) is 65.8 Å². The van der Waals surface area contributed by atoms with E-state index in [1.54, 1.807) is 49.8 Å². The molecule has 4 rings (SSSR count). The minimum Gasteiger partial charge on any atom is -0.497 e. The van der Waals surface area contributed by atoms with Gasteiger partial charge in [0.1, 0.15) is 11.6 Å². The Bertz CT molecular complexity index is 1070. The van der Waals surface area contributed by atoms with Crippen LogP contribution < -0.4 is 10.1 Å². The summed E-state index contributed by atoms with van der Waals surface area (Å²) in [6.45, 7) is 0.450. The van der Waals surface area contributed by atoms with Crippen molar-refractivity contribution in [1.29, 1.82) is 0 Å². The zero-order valence-corrected chi connectivity index (χ0v) is 16.7. The Morgan fingerprint density at radius 2 is 1.90 bits per heavy atom. The molecule has 1 aromatic carbocycles. The maximum atomic E-state index is 13.2. The molecule has 2 aromatic heterocycles. The molecule has 150 valence electrons. The molecule has 29 heavy (non-hydrogen) atoms. The second-order valence-corrected chi connectivity index (χ2v) is 8.48. The predicted octanol–water partition coefficient (Wildman–Crippen LogP) is 3.15. The van der Waals surface area contributed by atoms with Crippen LogP contribution in [0.4, 0.5) is 11.8 Å². The van der Waals surface area contributed by atoms with Gasteiger partial charge < -0.3 is 10.1 Å². The highest BCUT2D eigenvalue weighted by Gasteiger charge is 2.37. The quantitative estimate of drug-likeness (QED) is 0.665. The zero-order chi connectivity index (χ0) is 20.3. The van der Waals surface area contributed by atoms with Crippen molar-refractivity contribution in [3.63, 3.8) is 0 Å². The number of aromatic nitrogens is 3.